The first-order chi connectivity index (χ1) is 13.2. The van der Waals surface area contributed by atoms with Crippen LogP contribution in [0.1, 0.15) is 32.5 Å². The van der Waals surface area contributed by atoms with Gasteiger partial charge in [-0.3, -0.25) is 4.79 Å². The maximum Gasteiger partial charge on any atom is 0.267 e. The van der Waals surface area contributed by atoms with Gasteiger partial charge in [-0.25, -0.2) is 0 Å². The fraction of sp³-hybridized carbons (Fsp3) is 0.286. The molecule has 4 rings (SSSR count). The lowest BCUT2D eigenvalue weighted by molar-refractivity contribution is -0.929. The molecule has 3 aromatic rings. The third-order valence-corrected chi connectivity index (χ3v) is 6.03. The number of amides is 1. The van der Waals surface area contributed by atoms with E-state index in [2.05, 4.69) is 70.3 Å². The molecular formula is C21H23N4OS+. The number of aryl methyl sites for hydroxylation is 1. The van der Waals surface area contributed by atoms with Gasteiger partial charge < -0.3 is 9.80 Å². The van der Waals surface area contributed by atoms with Crippen molar-refractivity contribution in [2.45, 2.75) is 13.0 Å². The quantitative estimate of drug-likeness (QED) is 0.754. The molecule has 2 heterocycles. The van der Waals surface area contributed by atoms with Crippen molar-refractivity contribution in [2.75, 3.05) is 26.2 Å². The summed E-state index contributed by atoms with van der Waals surface area (Å²) < 4.78 is 3.90. The highest BCUT2D eigenvalue weighted by Crippen LogP contribution is 2.20. The Morgan fingerprint density at radius 3 is 2.04 bits per heavy atom. The molecule has 6 heteroatoms. The lowest BCUT2D eigenvalue weighted by atomic mass is 9.96. The molecule has 0 atom stereocenters. The van der Waals surface area contributed by atoms with E-state index in [0.29, 0.717) is 4.88 Å². The number of carbonyl (C=O) groups is 1. The highest BCUT2D eigenvalue weighted by atomic mass is 32.1. The molecule has 1 saturated heterocycles. The van der Waals surface area contributed by atoms with E-state index in [1.165, 1.54) is 27.6 Å². The molecule has 1 fully saturated rings. The highest BCUT2D eigenvalue weighted by molar-refractivity contribution is 7.07. The summed E-state index contributed by atoms with van der Waals surface area (Å²) >= 11 is 1.19. The molecule has 1 N–H and O–H groups in total. The zero-order valence-electron chi connectivity index (χ0n) is 15.3. The molecule has 0 aliphatic carbocycles. The standard InChI is InChI=1S/C21H22N4OS/c1-16-20(27-23-22-16)21(26)25-14-12-24(13-15-25)19(17-8-4-2-5-9-17)18-10-6-3-7-11-18/h2-11,19H,12-15H2,1H3/p+1. The third-order valence-electron chi connectivity index (χ3n) is 5.21. The Labute approximate surface area is 163 Å². The zero-order valence-corrected chi connectivity index (χ0v) is 16.2. The first-order valence-electron chi connectivity index (χ1n) is 9.26. The van der Waals surface area contributed by atoms with Crippen LogP contribution in [0.2, 0.25) is 0 Å². The summed E-state index contributed by atoms with van der Waals surface area (Å²) in [5.74, 6) is 0.0672. The minimum Gasteiger partial charge on any atom is -0.327 e. The van der Waals surface area contributed by atoms with E-state index in [1.54, 1.807) is 0 Å². The van der Waals surface area contributed by atoms with Gasteiger partial charge in [-0.1, -0.05) is 65.2 Å². The minimum atomic E-state index is 0.0672. The SMILES string of the molecule is Cc1nnsc1C(=O)N1CC[NH+](C(c2ccccc2)c2ccccc2)CC1. The van der Waals surface area contributed by atoms with Gasteiger partial charge in [0.1, 0.15) is 10.9 Å². The van der Waals surface area contributed by atoms with Crippen LogP contribution in [0.4, 0.5) is 0 Å². The average Bonchev–Trinajstić information content (AvgIpc) is 3.16. The Balaban J connectivity index is 1.52. The van der Waals surface area contributed by atoms with Gasteiger partial charge in [0.25, 0.3) is 5.91 Å². The van der Waals surface area contributed by atoms with Crippen molar-refractivity contribution in [3.8, 4) is 0 Å². The number of carbonyl (C=O) groups excluding carboxylic acids is 1. The molecule has 1 aliphatic rings. The van der Waals surface area contributed by atoms with Crippen molar-refractivity contribution in [1.82, 2.24) is 14.5 Å². The summed E-state index contributed by atoms with van der Waals surface area (Å²) in [7, 11) is 0. The first-order valence-corrected chi connectivity index (χ1v) is 10.0. The second kappa shape index (κ2) is 7.98. The molecule has 0 saturated carbocycles. The van der Waals surface area contributed by atoms with Gasteiger partial charge in [0.05, 0.1) is 31.9 Å². The predicted molar refractivity (Wildman–Crippen MR) is 106 cm³/mol. The van der Waals surface area contributed by atoms with Gasteiger partial charge in [0.15, 0.2) is 0 Å². The Hall–Kier alpha value is -2.57. The Kier molecular flexibility index (Phi) is 5.27. The van der Waals surface area contributed by atoms with E-state index in [0.717, 1.165) is 31.9 Å². The lowest BCUT2D eigenvalue weighted by Crippen LogP contribution is -3.15. The van der Waals surface area contributed by atoms with Gasteiger partial charge in [-0.15, -0.1) is 5.10 Å². The molecule has 0 radical (unpaired) electrons. The summed E-state index contributed by atoms with van der Waals surface area (Å²) in [6.07, 6.45) is 0. The Bertz CT molecular complexity index is 849. The van der Waals surface area contributed by atoms with Crippen molar-refractivity contribution in [2.24, 2.45) is 0 Å². The number of hydrogen-bond acceptors (Lipinski definition) is 4. The molecule has 1 aliphatic heterocycles. The number of hydrogen-bond donors (Lipinski definition) is 1. The third kappa shape index (κ3) is 3.77. The van der Waals surface area contributed by atoms with E-state index in [-0.39, 0.29) is 11.9 Å². The number of nitrogens with zero attached hydrogens (tertiary/aromatic N) is 3. The number of piperazine rings is 1. The van der Waals surface area contributed by atoms with Crippen molar-refractivity contribution in [1.29, 1.82) is 0 Å². The highest BCUT2D eigenvalue weighted by Gasteiger charge is 2.32. The van der Waals surface area contributed by atoms with Crippen LogP contribution in [-0.4, -0.2) is 46.6 Å². The maximum absolute atomic E-state index is 12.7. The largest absolute Gasteiger partial charge is 0.327 e. The predicted octanol–water partition coefficient (Wildman–Crippen LogP) is 1.98. The number of quaternary nitrogens is 1. The van der Waals surface area contributed by atoms with Crippen molar-refractivity contribution >= 4 is 17.4 Å². The van der Waals surface area contributed by atoms with E-state index in [1.807, 2.05) is 11.8 Å². The van der Waals surface area contributed by atoms with Crippen LogP contribution in [0.25, 0.3) is 0 Å². The molecule has 27 heavy (non-hydrogen) atoms. The molecule has 0 spiro atoms. The van der Waals surface area contributed by atoms with Crippen LogP contribution in [0.3, 0.4) is 0 Å². The van der Waals surface area contributed by atoms with Gasteiger partial charge in [-0.05, 0) is 18.5 Å². The summed E-state index contributed by atoms with van der Waals surface area (Å²) in [5.41, 5.74) is 3.37. The summed E-state index contributed by atoms with van der Waals surface area (Å²) in [6, 6.07) is 21.6. The van der Waals surface area contributed by atoms with Gasteiger partial charge in [0, 0.05) is 11.1 Å². The number of nitrogens with one attached hydrogen (secondary N) is 1. The van der Waals surface area contributed by atoms with Crippen molar-refractivity contribution < 1.29 is 9.69 Å². The van der Waals surface area contributed by atoms with Crippen molar-refractivity contribution in [3.05, 3.63) is 82.4 Å². The summed E-state index contributed by atoms with van der Waals surface area (Å²) in [4.78, 5) is 16.9. The summed E-state index contributed by atoms with van der Waals surface area (Å²) in [5, 5.41) is 3.97. The zero-order chi connectivity index (χ0) is 18.6. The van der Waals surface area contributed by atoms with E-state index < -0.39 is 0 Å². The first kappa shape index (κ1) is 17.8. The molecular weight excluding hydrogens is 356 g/mol. The normalized spacial score (nSPS) is 15.3. The summed E-state index contributed by atoms with van der Waals surface area (Å²) in [6.45, 7) is 5.19. The maximum atomic E-state index is 12.7. The van der Waals surface area contributed by atoms with E-state index >= 15 is 0 Å². The van der Waals surface area contributed by atoms with Gasteiger partial charge in [0.2, 0.25) is 0 Å². The van der Waals surface area contributed by atoms with Crippen LogP contribution in [0.5, 0.6) is 0 Å². The molecule has 2 aromatic carbocycles. The second-order valence-electron chi connectivity index (χ2n) is 6.89. The van der Waals surface area contributed by atoms with E-state index in [4.69, 9.17) is 0 Å². The van der Waals surface area contributed by atoms with E-state index in [9.17, 15) is 4.79 Å². The van der Waals surface area contributed by atoms with Crippen LogP contribution in [0.15, 0.2) is 60.7 Å². The molecule has 0 bridgehead atoms. The Morgan fingerprint density at radius 1 is 1.00 bits per heavy atom. The topological polar surface area (TPSA) is 50.5 Å². The monoisotopic (exact) mass is 379 g/mol. The molecule has 5 nitrogen and oxygen atoms in total. The smallest absolute Gasteiger partial charge is 0.267 e. The van der Waals surface area contributed by atoms with Crippen LogP contribution in [0, 0.1) is 6.92 Å². The molecule has 138 valence electrons. The average molecular weight is 380 g/mol. The fourth-order valence-electron chi connectivity index (χ4n) is 3.81. The molecule has 0 unspecified atom stereocenters. The van der Waals surface area contributed by atoms with Crippen LogP contribution >= 0.6 is 11.5 Å². The minimum absolute atomic E-state index is 0.0672. The fourth-order valence-corrected chi connectivity index (χ4v) is 4.44. The van der Waals surface area contributed by atoms with Crippen LogP contribution < -0.4 is 4.90 Å². The number of benzene rings is 2. The second-order valence-corrected chi connectivity index (χ2v) is 7.65. The van der Waals surface area contributed by atoms with Gasteiger partial charge in [-0.2, -0.15) is 0 Å². The van der Waals surface area contributed by atoms with Crippen molar-refractivity contribution in [3.63, 3.8) is 0 Å². The lowest BCUT2D eigenvalue weighted by Gasteiger charge is -2.36. The number of aromatic nitrogens is 2. The number of rotatable bonds is 4. The Morgan fingerprint density at radius 2 is 1.56 bits per heavy atom. The molecule has 1 aromatic heterocycles. The van der Waals surface area contributed by atoms with Gasteiger partial charge >= 0.3 is 0 Å². The van der Waals surface area contributed by atoms with Crippen LogP contribution in [-0.2, 0) is 0 Å². The molecule has 1 amide bonds.